The highest BCUT2D eigenvalue weighted by atomic mass is 32.2. The second-order valence-corrected chi connectivity index (χ2v) is 7.35. The fourth-order valence-electron chi connectivity index (χ4n) is 2.06. The highest BCUT2D eigenvalue weighted by Gasteiger charge is 2.17. The van der Waals surface area contributed by atoms with Gasteiger partial charge in [-0.05, 0) is 43.3 Å². The third kappa shape index (κ3) is 3.93. The summed E-state index contributed by atoms with van der Waals surface area (Å²) in [7, 11) is -0.552. The Morgan fingerprint density at radius 3 is 2.29 bits per heavy atom. The molecule has 0 aliphatic rings. The predicted molar refractivity (Wildman–Crippen MR) is 92.9 cm³/mol. The number of hydrogen-bond donors (Lipinski definition) is 1. The minimum Gasteiger partial charge on any atom is -0.493 e. The highest BCUT2D eigenvalue weighted by Crippen LogP contribution is 2.21. The number of benzene rings is 2. The number of nitrogens with one attached hydrogen (secondary N) is 1. The fraction of sp³-hybridized carbons (Fsp3) is 0.235. The summed E-state index contributed by atoms with van der Waals surface area (Å²) in [6.45, 7) is 2.31. The van der Waals surface area contributed by atoms with Crippen molar-refractivity contribution in [3.8, 4) is 5.75 Å². The third-order valence-corrected chi connectivity index (χ3v) is 5.15. The number of hydrogen-bond acceptors (Lipinski definition) is 4. The van der Waals surface area contributed by atoms with E-state index < -0.39 is 10.0 Å². The van der Waals surface area contributed by atoms with E-state index in [1.807, 2.05) is 6.92 Å². The summed E-state index contributed by atoms with van der Waals surface area (Å²) in [5.41, 5.74) is 0.924. The molecular weight excluding hydrogens is 328 g/mol. The number of rotatable bonds is 6. The van der Waals surface area contributed by atoms with Gasteiger partial charge in [-0.3, -0.25) is 4.79 Å². The van der Waals surface area contributed by atoms with Gasteiger partial charge in [0.05, 0.1) is 17.1 Å². The lowest BCUT2D eigenvalue weighted by Gasteiger charge is -2.13. The molecular formula is C17H20N2O4S. The van der Waals surface area contributed by atoms with Gasteiger partial charge in [0.25, 0.3) is 5.91 Å². The van der Waals surface area contributed by atoms with E-state index in [0.29, 0.717) is 23.6 Å². The van der Waals surface area contributed by atoms with Gasteiger partial charge >= 0.3 is 0 Å². The van der Waals surface area contributed by atoms with Crippen LogP contribution < -0.4 is 10.1 Å². The van der Waals surface area contributed by atoms with Gasteiger partial charge in [0.15, 0.2) is 0 Å². The molecule has 24 heavy (non-hydrogen) atoms. The monoisotopic (exact) mass is 348 g/mol. The van der Waals surface area contributed by atoms with E-state index in [2.05, 4.69) is 5.32 Å². The average molecular weight is 348 g/mol. The molecule has 0 unspecified atom stereocenters. The maximum absolute atomic E-state index is 12.4. The van der Waals surface area contributed by atoms with Crippen molar-refractivity contribution in [2.45, 2.75) is 11.8 Å². The Morgan fingerprint density at radius 1 is 1.08 bits per heavy atom. The van der Waals surface area contributed by atoms with Gasteiger partial charge in [0, 0.05) is 19.8 Å². The molecule has 2 aromatic rings. The number of carbonyl (C=O) groups excluding carboxylic acids is 1. The van der Waals surface area contributed by atoms with Crippen LogP contribution in [0.1, 0.15) is 17.3 Å². The van der Waals surface area contributed by atoms with E-state index in [9.17, 15) is 13.2 Å². The standard InChI is InChI=1S/C17H20N2O4S/c1-4-23-16-8-6-5-7-15(16)17(20)18-13-9-11-14(12-10-13)24(21,22)19(2)3/h5-12H,4H2,1-3H3,(H,18,20). The molecule has 0 bridgehead atoms. The minimum absolute atomic E-state index is 0.167. The zero-order chi connectivity index (χ0) is 17.7. The van der Waals surface area contributed by atoms with Crippen molar-refractivity contribution in [1.29, 1.82) is 0 Å². The number of sulfonamides is 1. The van der Waals surface area contributed by atoms with Gasteiger partial charge in [0.1, 0.15) is 5.75 Å². The normalized spacial score (nSPS) is 11.3. The van der Waals surface area contributed by atoms with Gasteiger partial charge in [0.2, 0.25) is 10.0 Å². The molecule has 7 heteroatoms. The van der Waals surface area contributed by atoms with E-state index in [1.165, 1.54) is 26.2 Å². The second-order valence-electron chi connectivity index (χ2n) is 5.20. The van der Waals surface area contributed by atoms with Crippen molar-refractivity contribution >= 4 is 21.6 Å². The first-order valence-corrected chi connectivity index (χ1v) is 8.86. The van der Waals surface area contributed by atoms with Gasteiger partial charge in [-0.15, -0.1) is 0 Å². The van der Waals surface area contributed by atoms with Gasteiger partial charge in [-0.2, -0.15) is 0 Å². The maximum Gasteiger partial charge on any atom is 0.259 e. The van der Waals surface area contributed by atoms with Crippen molar-refractivity contribution in [2.75, 3.05) is 26.0 Å². The lowest BCUT2D eigenvalue weighted by atomic mass is 10.2. The van der Waals surface area contributed by atoms with E-state index in [4.69, 9.17) is 4.74 Å². The first-order chi connectivity index (χ1) is 11.4. The molecule has 0 atom stereocenters. The summed E-state index contributed by atoms with van der Waals surface area (Å²) in [4.78, 5) is 12.5. The summed E-state index contributed by atoms with van der Waals surface area (Å²) in [6.07, 6.45) is 0. The average Bonchev–Trinajstić information content (AvgIpc) is 2.56. The molecule has 2 rings (SSSR count). The topological polar surface area (TPSA) is 75.7 Å². The molecule has 1 amide bonds. The molecule has 0 aliphatic heterocycles. The van der Waals surface area contributed by atoms with Crippen LogP contribution in [0, 0.1) is 0 Å². The molecule has 0 heterocycles. The molecule has 2 aromatic carbocycles. The van der Waals surface area contributed by atoms with Crippen LogP contribution in [0.2, 0.25) is 0 Å². The second kappa shape index (κ2) is 7.46. The molecule has 0 spiro atoms. The van der Waals surface area contributed by atoms with Crippen LogP contribution in [-0.4, -0.2) is 39.3 Å². The molecule has 0 fully saturated rings. The summed E-state index contributed by atoms with van der Waals surface area (Å²) in [6, 6.07) is 13.0. The number of anilines is 1. The smallest absolute Gasteiger partial charge is 0.259 e. The fourth-order valence-corrected chi connectivity index (χ4v) is 2.96. The number of amides is 1. The summed E-state index contributed by atoms with van der Waals surface area (Å²) >= 11 is 0. The first kappa shape index (κ1) is 18.0. The Bertz CT molecular complexity index is 815. The van der Waals surface area contributed by atoms with Gasteiger partial charge < -0.3 is 10.1 Å². The van der Waals surface area contributed by atoms with Crippen LogP contribution in [0.25, 0.3) is 0 Å². The molecule has 1 N–H and O–H groups in total. The molecule has 6 nitrogen and oxygen atoms in total. The van der Waals surface area contributed by atoms with Gasteiger partial charge in [-0.1, -0.05) is 12.1 Å². The predicted octanol–water partition coefficient (Wildman–Crippen LogP) is 2.59. The van der Waals surface area contributed by atoms with Crippen molar-refractivity contribution in [2.24, 2.45) is 0 Å². The van der Waals surface area contributed by atoms with Crippen LogP contribution in [0.4, 0.5) is 5.69 Å². The van der Waals surface area contributed by atoms with Crippen LogP contribution in [0.15, 0.2) is 53.4 Å². The summed E-state index contributed by atoms with van der Waals surface area (Å²) < 4.78 is 30.6. The van der Waals surface area contributed by atoms with Crippen molar-refractivity contribution in [3.63, 3.8) is 0 Å². The van der Waals surface area contributed by atoms with E-state index in [0.717, 1.165) is 4.31 Å². The Labute approximate surface area is 142 Å². The zero-order valence-corrected chi connectivity index (χ0v) is 14.6. The minimum atomic E-state index is -3.49. The maximum atomic E-state index is 12.4. The van der Waals surface area contributed by atoms with Crippen LogP contribution in [0.3, 0.4) is 0 Å². The highest BCUT2D eigenvalue weighted by molar-refractivity contribution is 7.89. The molecule has 0 aliphatic carbocycles. The molecule has 0 saturated carbocycles. The van der Waals surface area contributed by atoms with Crippen LogP contribution >= 0.6 is 0 Å². The Kier molecular flexibility index (Phi) is 5.58. The zero-order valence-electron chi connectivity index (χ0n) is 13.8. The largest absolute Gasteiger partial charge is 0.493 e. The Balaban J connectivity index is 2.19. The number of nitrogens with zero attached hydrogens (tertiary/aromatic N) is 1. The number of carbonyl (C=O) groups is 1. The van der Waals surface area contributed by atoms with Crippen molar-refractivity contribution in [3.05, 3.63) is 54.1 Å². The lowest BCUT2D eigenvalue weighted by molar-refractivity contribution is 0.102. The quantitative estimate of drug-likeness (QED) is 0.870. The molecule has 128 valence electrons. The Hall–Kier alpha value is -2.38. The van der Waals surface area contributed by atoms with E-state index >= 15 is 0 Å². The molecule has 0 radical (unpaired) electrons. The summed E-state index contributed by atoms with van der Waals surface area (Å²) in [5, 5.41) is 2.74. The summed E-state index contributed by atoms with van der Waals surface area (Å²) in [5.74, 6) is 0.187. The van der Waals surface area contributed by atoms with Crippen LogP contribution in [-0.2, 0) is 10.0 Å². The lowest BCUT2D eigenvalue weighted by Crippen LogP contribution is -2.22. The number of para-hydroxylation sites is 1. The first-order valence-electron chi connectivity index (χ1n) is 7.42. The van der Waals surface area contributed by atoms with Crippen LogP contribution in [0.5, 0.6) is 5.75 Å². The molecule has 0 aromatic heterocycles. The molecule has 0 saturated heterocycles. The Morgan fingerprint density at radius 2 is 1.71 bits per heavy atom. The number of ether oxygens (including phenoxy) is 1. The van der Waals surface area contributed by atoms with Crippen molar-refractivity contribution in [1.82, 2.24) is 4.31 Å². The van der Waals surface area contributed by atoms with E-state index in [1.54, 1.807) is 36.4 Å². The SMILES string of the molecule is CCOc1ccccc1C(=O)Nc1ccc(S(=O)(=O)N(C)C)cc1. The third-order valence-electron chi connectivity index (χ3n) is 3.32. The van der Waals surface area contributed by atoms with E-state index in [-0.39, 0.29) is 10.8 Å². The van der Waals surface area contributed by atoms with Gasteiger partial charge in [-0.25, -0.2) is 12.7 Å². The van der Waals surface area contributed by atoms with Crippen molar-refractivity contribution < 1.29 is 17.9 Å².